The molecule has 7 heteroatoms. The SMILES string of the molecule is C[NH+](C)Cc1ccc(CNC(=O)c2ccc([N+](=O)[O-])cc2Cl)cc1. The number of carbonyl (C=O) groups excluding carboxylic acids is 1. The van der Waals surface area contributed by atoms with E-state index in [1.54, 1.807) is 0 Å². The summed E-state index contributed by atoms with van der Waals surface area (Å²) in [5.74, 6) is -0.364. The van der Waals surface area contributed by atoms with E-state index in [2.05, 4.69) is 19.4 Å². The van der Waals surface area contributed by atoms with E-state index in [1.165, 1.54) is 28.7 Å². The fourth-order valence-corrected chi connectivity index (χ4v) is 2.52. The van der Waals surface area contributed by atoms with Crippen LogP contribution in [0.1, 0.15) is 21.5 Å². The van der Waals surface area contributed by atoms with Gasteiger partial charge in [0.05, 0.1) is 29.6 Å². The minimum atomic E-state index is -0.551. The highest BCUT2D eigenvalue weighted by Gasteiger charge is 2.14. The van der Waals surface area contributed by atoms with Gasteiger partial charge in [0, 0.05) is 24.2 Å². The van der Waals surface area contributed by atoms with Crippen LogP contribution in [0.2, 0.25) is 5.02 Å². The lowest BCUT2D eigenvalue weighted by Gasteiger charge is -2.09. The summed E-state index contributed by atoms with van der Waals surface area (Å²) in [6, 6.07) is 11.8. The molecule has 0 aliphatic carbocycles. The molecule has 126 valence electrons. The minimum Gasteiger partial charge on any atom is -0.348 e. The molecule has 0 fully saturated rings. The van der Waals surface area contributed by atoms with Gasteiger partial charge in [-0.05, 0) is 11.6 Å². The Morgan fingerprint density at radius 2 is 1.79 bits per heavy atom. The van der Waals surface area contributed by atoms with Gasteiger partial charge in [-0.3, -0.25) is 14.9 Å². The number of halogens is 1. The van der Waals surface area contributed by atoms with Crippen LogP contribution >= 0.6 is 11.6 Å². The lowest BCUT2D eigenvalue weighted by molar-refractivity contribution is -0.872. The molecule has 0 aliphatic rings. The van der Waals surface area contributed by atoms with Crippen LogP contribution in [-0.2, 0) is 13.1 Å². The molecule has 0 radical (unpaired) electrons. The van der Waals surface area contributed by atoms with Gasteiger partial charge in [-0.1, -0.05) is 35.9 Å². The molecule has 0 heterocycles. The molecule has 0 atom stereocenters. The van der Waals surface area contributed by atoms with Gasteiger partial charge in [0.15, 0.2) is 0 Å². The van der Waals surface area contributed by atoms with E-state index in [1.807, 2.05) is 24.3 Å². The summed E-state index contributed by atoms with van der Waals surface area (Å²) in [5, 5.41) is 13.5. The molecule has 0 saturated carbocycles. The second-order valence-electron chi connectivity index (χ2n) is 5.80. The van der Waals surface area contributed by atoms with Gasteiger partial charge in [-0.2, -0.15) is 0 Å². The summed E-state index contributed by atoms with van der Waals surface area (Å²) in [7, 11) is 4.17. The Balaban J connectivity index is 1.99. The van der Waals surface area contributed by atoms with Crippen LogP contribution in [-0.4, -0.2) is 24.9 Å². The first-order valence-corrected chi connectivity index (χ1v) is 7.83. The fraction of sp³-hybridized carbons (Fsp3) is 0.235. The third kappa shape index (κ3) is 4.78. The second kappa shape index (κ2) is 7.90. The number of carbonyl (C=O) groups is 1. The summed E-state index contributed by atoms with van der Waals surface area (Å²) in [6.07, 6.45) is 0. The number of nitrogens with zero attached hydrogens (tertiary/aromatic N) is 1. The molecular weight excluding hydrogens is 330 g/mol. The zero-order valence-corrected chi connectivity index (χ0v) is 14.3. The third-order valence-corrected chi connectivity index (χ3v) is 3.75. The Morgan fingerprint density at radius 3 is 2.33 bits per heavy atom. The minimum absolute atomic E-state index is 0.0611. The maximum absolute atomic E-state index is 12.2. The molecule has 0 bridgehead atoms. The van der Waals surface area contributed by atoms with E-state index in [9.17, 15) is 14.9 Å². The predicted octanol–water partition coefficient (Wildman–Crippen LogP) is 1.82. The van der Waals surface area contributed by atoms with E-state index >= 15 is 0 Å². The molecule has 0 aromatic heterocycles. The molecule has 0 aliphatic heterocycles. The van der Waals surface area contributed by atoms with Crippen molar-refractivity contribution in [2.75, 3.05) is 14.1 Å². The van der Waals surface area contributed by atoms with Gasteiger partial charge >= 0.3 is 0 Å². The van der Waals surface area contributed by atoms with Crippen molar-refractivity contribution in [1.29, 1.82) is 0 Å². The molecule has 24 heavy (non-hydrogen) atoms. The van der Waals surface area contributed by atoms with E-state index < -0.39 is 4.92 Å². The Morgan fingerprint density at radius 1 is 1.17 bits per heavy atom. The first-order valence-electron chi connectivity index (χ1n) is 7.46. The normalized spacial score (nSPS) is 10.7. The number of hydrogen-bond donors (Lipinski definition) is 2. The van der Waals surface area contributed by atoms with Crippen LogP contribution in [0, 0.1) is 10.1 Å². The van der Waals surface area contributed by atoms with E-state index in [0.717, 1.165) is 12.1 Å². The summed E-state index contributed by atoms with van der Waals surface area (Å²) in [5.41, 5.74) is 2.27. The Labute approximate surface area is 145 Å². The van der Waals surface area contributed by atoms with E-state index in [-0.39, 0.29) is 22.2 Å². The van der Waals surface area contributed by atoms with Gasteiger partial charge in [0.1, 0.15) is 6.54 Å². The smallest absolute Gasteiger partial charge is 0.270 e. The lowest BCUT2D eigenvalue weighted by Crippen LogP contribution is -3.04. The summed E-state index contributed by atoms with van der Waals surface area (Å²) < 4.78 is 0. The van der Waals surface area contributed by atoms with E-state index in [4.69, 9.17) is 11.6 Å². The molecule has 0 spiro atoms. The summed E-state index contributed by atoms with van der Waals surface area (Å²) >= 11 is 5.95. The van der Waals surface area contributed by atoms with Crippen LogP contribution < -0.4 is 10.2 Å². The van der Waals surface area contributed by atoms with Gasteiger partial charge in [0.25, 0.3) is 11.6 Å². The number of amides is 1. The number of nitro groups is 1. The van der Waals surface area contributed by atoms with Gasteiger partial charge in [0.2, 0.25) is 0 Å². The van der Waals surface area contributed by atoms with Gasteiger partial charge in [-0.15, -0.1) is 0 Å². The maximum Gasteiger partial charge on any atom is 0.270 e. The van der Waals surface area contributed by atoms with Crippen molar-refractivity contribution >= 4 is 23.2 Å². The van der Waals surface area contributed by atoms with Crippen LogP contribution in [0.25, 0.3) is 0 Å². The van der Waals surface area contributed by atoms with Crippen molar-refractivity contribution in [3.63, 3.8) is 0 Å². The maximum atomic E-state index is 12.2. The second-order valence-corrected chi connectivity index (χ2v) is 6.21. The standard InChI is InChI=1S/C17H18ClN3O3/c1-20(2)11-13-5-3-12(4-6-13)10-19-17(22)15-8-7-14(21(23)24)9-16(15)18/h3-9H,10-11H2,1-2H3,(H,19,22)/p+1. The molecule has 0 saturated heterocycles. The van der Waals surface area contributed by atoms with Crippen molar-refractivity contribution in [1.82, 2.24) is 5.32 Å². The third-order valence-electron chi connectivity index (χ3n) is 3.44. The molecular formula is C17H19ClN3O3+. The quantitative estimate of drug-likeness (QED) is 0.617. The van der Waals surface area contributed by atoms with Gasteiger partial charge in [-0.25, -0.2) is 0 Å². The molecule has 0 unspecified atom stereocenters. The lowest BCUT2D eigenvalue weighted by atomic mass is 10.1. The van der Waals surface area contributed by atoms with Crippen molar-refractivity contribution in [3.8, 4) is 0 Å². The van der Waals surface area contributed by atoms with Crippen LogP contribution in [0.4, 0.5) is 5.69 Å². The fourth-order valence-electron chi connectivity index (χ4n) is 2.26. The predicted molar refractivity (Wildman–Crippen MR) is 92.2 cm³/mol. The highest BCUT2D eigenvalue weighted by atomic mass is 35.5. The number of nitro benzene ring substituents is 1. The highest BCUT2D eigenvalue weighted by molar-refractivity contribution is 6.34. The number of quaternary nitrogens is 1. The van der Waals surface area contributed by atoms with Crippen molar-refractivity contribution in [2.45, 2.75) is 13.1 Å². The molecule has 6 nitrogen and oxygen atoms in total. The van der Waals surface area contributed by atoms with Crippen molar-refractivity contribution in [3.05, 3.63) is 74.3 Å². The Hall–Kier alpha value is -2.44. The number of nitrogens with one attached hydrogen (secondary N) is 2. The highest BCUT2D eigenvalue weighted by Crippen LogP contribution is 2.22. The summed E-state index contributed by atoms with van der Waals surface area (Å²) in [6.45, 7) is 1.30. The number of rotatable bonds is 6. The summed E-state index contributed by atoms with van der Waals surface area (Å²) in [4.78, 5) is 23.6. The first-order chi connectivity index (χ1) is 11.4. The van der Waals surface area contributed by atoms with E-state index in [0.29, 0.717) is 6.54 Å². The largest absolute Gasteiger partial charge is 0.348 e. The molecule has 1 amide bonds. The monoisotopic (exact) mass is 348 g/mol. The zero-order valence-electron chi connectivity index (χ0n) is 13.5. The van der Waals surface area contributed by atoms with Gasteiger partial charge < -0.3 is 10.2 Å². The molecule has 2 N–H and O–H groups in total. The average Bonchev–Trinajstić information content (AvgIpc) is 2.53. The first kappa shape index (κ1) is 17.9. The number of non-ortho nitro benzene ring substituents is 1. The van der Waals surface area contributed by atoms with Crippen LogP contribution in [0.15, 0.2) is 42.5 Å². The topological polar surface area (TPSA) is 76.7 Å². The Kier molecular flexibility index (Phi) is 5.89. The molecule has 2 aromatic rings. The zero-order chi connectivity index (χ0) is 17.7. The van der Waals surface area contributed by atoms with Crippen molar-refractivity contribution in [2.24, 2.45) is 0 Å². The van der Waals surface area contributed by atoms with Crippen LogP contribution in [0.3, 0.4) is 0 Å². The Bertz CT molecular complexity index is 745. The number of benzene rings is 2. The van der Waals surface area contributed by atoms with Crippen LogP contribution in [0.5, 0.6) is 0 Å². The number of hydrogen-bond acceptors (Lipinski definition) is 3. The average molecular weight is 349 g/mol. The molecule has 2 aromatic carbocycles. The van der Waals surface area contributed by atoms with Crippen molar-refractivity contribution < 1.29 is 14.6 Å². The molecule has 2 rings (SSSR count).